The van der Waals surface area contributed by atoms with Crippen LogP contribution in [0.15, 0.2) is 67.0 Å². The normalized spacial score (nSPS) is 11.1. The molecule has 1 heterocycles. The number of para-hydroxylation sites is 1. The molecular weight excluding hydrogens is 338 g/mol. The number of esters is 1. The van der Waals surface area contributed by atoms with Crippen LogP contribution < -0.4 is 4.74 Å². The van der Waals surface area contributed by atoms with Crippen molar-refractivity contribution in [1.82, 2.24) is 4.98 Å². The van der Waals surface area contributed by atoms with Gasteiger partial charge in [0, 0.05) is 29.1 Å². The molecule has 3 aromatic rings. The van der Waals surface area contributed by atoms with Crippen LogP contribution in [0.2, 0.25) is 0 Å². The first-order valence-corrected chi connectivity index (χ1v) is 8.79. The van der Waals surface area contributed by atoms with E-state index in [1.165, 1.54) is 0 Å². The van der Waals surface area contributed by atoms with E-state index < -0.39 is 5.60 Å². The molecule has 0 fully saturated rings. The van der Waals surface area contributed by atoms with Crippen molar-refractivity contribution in [2.45, 2.75) is 26.4 Å². The lowest BCUT2D eigenvalue weighted by molar-refractivity contribution is 0.00696. The van der Waals surface area contributed by atoms with Crippen LogP contribution in [0.4, 0.5) is 0 Å². The summed E-state index contributed by atoms with van der Waals surface area (Å²) in [7, 11) is 1.65. The molecule has 0 amide bonds. The van der Waals surface area contributed by atoms with E-state index >= 15 is 0 Å². The lowest BCUT2D eigenvalue weighted by Crippen LogP contribution is -2.23. The lowest BCUT2D eigenvalue weighted by atomic mass is 10.00. The summed E-state index contributed by atoms with van der Waals surface area (Å²) < 4.78 is 10.9. The van der Waals surface area contributed by atoms with Crippen molar-refractivity contribution in [3.63, 3.8) is 0 Å². The largest absolute Gasteiger partial charge is 0.496 e. The lowest BCUT2D eigenvalue weighted by Gasteiger charge is -2.19. The Balaban J connectivity index is 1.96. The molecule has 2 aromatic carbocycles. The molecular formula is C23H23NO3. The second-order valence-corrected chi connectivity index (χ2v) is 7.25. The number of carbonyl (C=O) groups excluding carboxylic acids is 1. The second-order valence-electron chi connectivity index (χ2n) is 7.25. The first-order valence-electron chi connectivity index (χ1n) is 8.79. The summed E-state index contributed by atoms with van der Waals surface area (Å²) in [5, 5.41) is 0. The summed E-state index contributed by atoms with van der Waals surface area (Å²) in [5.41, 5.74) is 3.74. The fraction of sp³-hybridized carbons (Fsp3) is 0.217. The number of pyridine rings is 1. The summed E-state index contributed by atoms with van der Waals surface area (Å²) in [6, 6.07) is 17.3. The molecule has 27 heavy (non-hydrogen) atoms. The Hall–Kier alpha value is -3.14. The smallest absolute Gasteiger partial charge is 0.338 e. The minimum Gasteiger partial charge on any atom is -0.496 e. The minimum atomic E-state index is -0.529. The van der Waals surface area contributed by atoms with Crippen molar-refractivity contribution in [2.75, 3.05) is 7.11 Å². The highest BCUT2D eigenvalue weighted by Gasteiger charge is 2.18. The van der Waals surface area contributed by atoms with Crippen molar-refractivity contribution in [1.29, 1.82) is 0 Å². The fourth-order valence-corrected chi connectivity index (χ4v) is 2.79. The highest BCUT2D eigenvalue weighted by molar-refractivity contribution is 5.91. The third-order valence-corrected chi connectivity index (χ3v) is 3.99. The molecule has 4 nitrogen and oxygen atoms in total. The first-order chi connectivity index (χ1) is 12.9. The number of ether oxygens (including phenoxy) is 2. The van der Waals surface area contributed by atoms with E-state index in [4.69, 9.17) is 9.47 Å². The van der Waals surface area contributed by atoms with Gasteiger partial charge in [-0.2, -0.15) is 0 Å². The van der Waals surface area contributed by atoms with E-state index in [1.807, 2.05) is 69.3 Å². The molecule has 0 unspecified atom stereocenters. The number of aromatic nitrogens is 1. The Morgan fingerprint density at radius 1 is 0.889 bits per heavy atom. The third kappa shape index (κ3) is 4.53. The van der Waals surface area contributed by atoms with Crippen LogP contribution >= 0.6 is 0 Å². The molecule has 0 radical (unpaired) electrons. The van der Waals surface area contributed by atoms with Crippen molar-refractivity contribution in [3.05, 3.63) is 72.6 Å². The number of hydrogen-bond acceptors (Lipinski definition) is 4. The number of nitrogens with zero attached hydrogens (tertiary/aromatic N) is 1. The molecule has 1 aromatic heterocycles. The van der Waals surface area contributed by atoms with Crippen LogP contribution in [0.5, 0.6) is 5.75 Å². The molecule has 4 heteroatoms. The molecule has 0 saturated carbocycles. The maximum Gasteiger partial charge on any atom is 0.338 e. The molecule has 138 valence electrons. The molecule has 0 atom stereocenters. The van der Waals surface area contributed by atoms with Gasteiger partial charge in [0.1, 0.15) is 11.4 Å². The average molecular weight is 361 g/mol. The Labute approximate surface area is 159 Å². The molecule has 0 spiro atoms. The molecule has 0 saturated heterocycles. The van der Waals surface area contributed by atoms with Gasteiger partial charge < -0.3 is 9.47 Å². The predicted molar refractivity (Wildman–Crippen MR) is 107 cm³/mol. The van der Waals surface area contributed by atoms with Crippen LogP contribution in [0.3, 0.4) is 0 Å². The van der Waals surface area contributed by atoms with Gasteiger partial charge in [-0.15, -0.1) is 0 Å². The second kappa shape index (κ2) is 7.62. The van der Waals surface area contributed by atoms with Crippen LogP contribution in [0, 0.1) is 0 Å². The topological polar surface area (TPSA) is 48.4 Å². The number of carbonyl (C=O) groups is 1. The van der Waals surface area contributed by atoms with Gasteiger partial charge in [0.2, 0.25) is 0 Å². The Bertz CT molecular complexity index is 958. The zero-order valence-corrected chi connectivity index (χ0v) is 16.0. The highest BCUT2D eigenvalue weighted by Crippen LogP contribution is 2.32. The van der Waals surface area contributed by atoms with E-state index in [0.717, 1.165) is 28.0 Å². The monoisotopic (exact) mass is 361 g/mol. The number of rotatable bonds is 4. The Morgan fingerprint density at radius 2 is 1.63 bits per heavy atom. The zero-order valence-electron chi connectivity index (χ0n) is 16.0. The van der Waals surface area contributed by atoms with Gasteiger partial charge in [0.05, 0.1) is 12.7 Å². The van der Waals surface area contributed by atoms with Crippen molar-refractivity contribution in [2.24, 2.45) is 0 Å². The average Bonchev–Trinajstić information content (AvgIpc) is 2.67. The first kappa shape index (κ1) is 18.6. The van der Waals surface area contributed by atoms with Gasteiger partial charge in [-0.1, -0.05) is 30.3 Å². The fourth-order valence-electron chi connectivity index (χ4n) is 2.79. The summed E-state index contributed by atoms with van der Waals surface area (Å²) in [5.74, 6) is 0.456. The standard InChI is InChI=1S/C23H23NO3/c1-23(2,3)27-22(25)17-9-7-8-16(12-17)18-13-19(15-24-14-18)20-10-5-6-11-21(20)26-4/h5-15H,1-4H3. The molecule has 3 rings (SSSR count). The van der Waals surface area contributed by atoms with Crippen LogP contribution in [0.25, 0.3) is 22.3 Å². The quantitative estimate of drug-likeness (QED) is 0.585. The third-order valence-electron chi connectivity index (χ3n) is 3.99. The number of benzene rings is 2. The highest BCUT2D eigenvalue weighted by atomic mass is 16.6. The van der Waals surface area contributed by atoms with Crippen LogP contribution in [0.1, 0.15) is 31.1 Å². The van der Waals surface area contributed by atoms with Crippen molar-refractivity contribution >= 4 is 5.97 Å². The zero-order chi connectivity index (χ0) is 19.4. The van der Waals surface area contributed by atoms with Crippen LogP contribution in [-0.4, -0.2) is 23.7 Å². The van der Waals surface area contributed by atoms with Gasteiger partial charge in [-0.3, -0.25) is 4.98 Å². The molecule has 0 aliphatic rings. The van der Waals surface area contributed by atoms with Gasteiger partial charge in [0.15, 0.2) is 0 Å². The summed E-state index contributed by atoms with van der Waals surface area (Å²) in [4.78, 5) is 16.7. The van der Waals surface area contributed by atoms with Gasteiger partial charge >= 0.3 is 5.97 Å². The van der Waals surface area contributed by atoms with Gasteiger partial charge in [-0.05, 0) is 50.6 Å². The van der Waals surface area contributed by atoms with Gasteiger partial charge in [0.25, 0.3) is 0 Å². The van der Waals surface area contributed by atoms with Crippen molar-refractivity contribution < 1.29 is 14.3 Å². The molecule has 0 aliphatic heterocycles. The Morgan fingerprint density at radius 3 is 2.37 bits per heavy atom. The van der Waals surface area contributed by atoms with E-state index in [0.29, 0.717) is 5.56 Å². The number of hydrogen-bond donors (Lipinski definition) is 0. The van der Waals surface area contributed by atoms with Crippen molar-refractivity contribution in [3.8, 4) is 28.0 Å². The van der Waals surface area contributed by atoms with E-state index in [9.17, 15) is 4.79 Å². The summed E-state index contributed by atoms with van der Waals surface area (Å²) >= 11 is 0. The van der Waals surface area contributed by atoms with E-state index in [-0.39, 0.29) is 5.97 Å². The Kier molecular flexibility index (Phi) is 5.26. The predicted octanol–water partition coefficient (Wildman–Crippen LogP) is 5.38. The van der Waals surface area contributed by atoms with E-state index in [2.05, 4.69) is 4.98 Å². The molecule has 0 bridgehead atoms. The summed E-state index contributed by atoms with van der Waals surface area (Å²) in [6.45, 7) is 5.57. The SMILES string of the molecule is COc1ccccc1-c1cncc(-c2cccc(C(=O)OC(C)(C)C)c2)c1. The minimum absolute atomic E-state index is 0.335. The maximum absolute atomic E-state index is 12.4. The number of methoxy groups -OCH3 is 1. The maximum atomic E-state index is 12.4. The van der Waals surface area contributed by atoms with Gasteiger partial charge in [-0.25, -0.2) is 4.79 Å². The summed E-state index contributed by atoms with van der Waals surface area (Å²) in [6.07, 6.45) is 3.59. The molecule has 0 aliphatic carbocycles. The van der Waals surface area contributed by atoms with Crippen LogP contribution in [-0.2, 0) is 4.74 Å². The van der Waals surface area contributed by atoms with E-state index in [1.54, 1.807) is 25.6 Å². The molecule has 0 N–H and O–H groups in total.